The van der Waals surface area contributed by atoms with Crippen LogP contribution in [0.15, 0.2) is 34.9 Å². The van der Waals surface area contributed by atoms with Crippen molar-refractivity contribution in [2.75, 3.05) is 17.7 Å². The Labute approximate surface area is 143 Å². The number of aromatic nitrogens is 2. The average Bonchev–Trinajstić information content (AvgIpc) is 2.56. The van der Waals surface area contributed by atoms with Gasteiger partial charge in [0.1, 0.15) is 4.60 Å². The van der Waals surface area contributed by atoms with Crippen molar-refractivity contribution in [1.29, 1.82) is 0 Å². The van der Waals surface area contributed by atoms with E-state index in [1.54, 1.807) is 0 Å². The number of halogens is 1. The number of carbonyl (C=O) groups is 1. The third-order valence-electron chi connectivity index (χ3n) is 3.11. The van der Waals surface area contributed by atoms with Gasteiger partial charge in [-0.15, -0.1) is 0 Å². The Morgan fingerprint density at radius 1 is 1.30 bits per heavy atom. The first kappa shape index (κ1) is 17.2. The summed E-state index contributed by atoms with van der Waals surface area (Å²) in [6, 6.07) is 9.87. The van der Waals surface area contributed by atoms with Gasteiger partial charge in [-0.05, 0) is 27.9 Å². The maximum atomic E-state index is 11.9. The number of benzene rings is 1. The lowest BCUT2D eigenvalue weighted by molar-refractivity contribution is 0.0493. The molecule has 122 valence electrons. The standard InChI is InChI=1S/C16H19BrN4O2/c1-2-3-9-23-16(22)12-14(18)21-15(13(17)20-12)19-10-11-7-5-4-6-8-11/h4-8H,2-3,9-10H2,1H3,(H3,18,19,21). The molecule has 0 aliphatic rings. The van der Waals surface area contributed by atoms with Crippen molar-refractivity contribution in [2.45, 2.75) is 26.3 Å². The van der Waals surface area contributed by atoms with Crippen molar-refractivity contribution in [3.63, 3.8) is 0 Å². The van der Waals surface area contributed by atoms with Gasteiger partial charge in [0, 0.05) is 6.54 Å². The minimum atomic E-state index is -0.557. The molecular weight excluding hydrogens is 360 g/mol. The van der Waals surface area contributed by atoms with E-state index in [0.29, 0.717) is 23.6 Å². The maximum Gasteiger partial charge on any atom is 0.360 e. The second-order valence-corrected chi connectivity index (χ2v) is 5.68. The summed E-state index contributed by atoms with van der Waals surface area (Å²) in [6.45, 7) is 2.95. The van der Waals surface area contributed by atoms with Gasteiger partial charge in [0.05, 0.1) is 6.61 Å². The van der Waals surface area contributed by atoms with E-state index in [2.05, 4.69) is 31.2 Å². The molecule has 0 radical (unpaired) electrons. The molecule has 7 heteroatoms. The van der Waals surface area contributed by atoms with E-state index < -0.39 is 5.97 Å². The summed E-state index contributed by atoms with van der Waals surface area (Å²) < 4.78 is 5.53. The van der Waals surface area contributed by atoms with Crippen molar-refractivity contribution >= 4 is 33.5 Å². The summed E-state index contributed by atoms with van der Waals surface area (Å²) >= 11 is 3.31. The second-order valence-electron chi connectivity index (χ2n) is 4.93. The van der Waals surface area contributed by atoms with E-state index in [1.807, 2.05) is 37.3 Å². The zero-order valence-corrected chi connectivity index (χ0v) is 14.5. The first-order valence-corrected chi connectivity index (χ1v) is 8.19. The highest BCUT2D eigenvalue weighted by atomic mass is 79.9. The fourth-order valence-electron chi connectivity index (χ4n) is 1.85. The number of unbranched alkanes of at least 4 members (excludes halogenated alkanes) is 1. The molecule has 1 aromatic carbocycles. The lowest BCUT2D eigenvalue weighted by atomic mass is 10.2. The summed E-state index contributed by atoms with van der Waals surface area (Å²) in [6.07, 6.45) is 1.75. The molecule has 3 N–H and O–H groups in total. The van der Waals surface area contributed by atoms with Gasteiger partial charge in [-0.2, -0.15) is 0 Å². The summed E-state index contributed by atoms with van der Waals surface area (Å²) in [5.74, 6) is -0.0273. The highest BCUT2D eigenvalue weighted by molar-refractivity contribution is 9.10. The van der Waals surface area contributed by atoms with E-state index in [0.717, 1.165) is 18.4 Å². The molecule has 2 rings (SSSR count). The summed E-state index contributed by atoms with van der Waals surface area (Å²) in [7, 11) is 0. The molecule has 0 bridgehead atoms. The molecule has 0 aliphatic heterocycles. The predicted molar refractivity (Wildman–Crippen MR) is 93.1 cm³/mol. The third kappa shape index (κ3) is 4.92. The summed E-state index contributed by atoms with van der Waals surface area (Å²) in [5.41, 5.74) is 6.96. The van der Waals surface area contributed by atoms with Crippen LogP contribution < -0.4 is 11.1 Å². The number of carbonyl (C=O) groups excluding carboxylic acids is 1. The fraction of sp³-hybridized carbons (Fsp3) is 0.312. The first-order chi connectivity index (χ1) is 11.1. The minimum Gasteiger partial charge on any atom is -0.461 e. The molecule has 0 saturated heterocycles. The van der Waals surface area contributed by atoms with Crippen molar-refractivity contribution in [3.8, 4) is 0 Å². The van der Waals surface area contributed by atoms with Gasteiger partial charge in [-0.3, -0.25) is 0 Å². The molecule has 0 aliphatic carbocycles. The van der Waals surface area contributed by atoms with E-state index in [9.17, 15) is 4.79 Å². The third-order valence-corrected chi connectivity index (χ3v) is 3.66. The molecule has 0 unspecified atom stereocenters. The lowest BCUT2D eigenvalue weighted by Crippen LogP contribution is -2.15. The lowest BCUT2D eigenvalue weighted by Gasteiger charge is -2.10. The molecule has 0 fully saturated rings. The SMILES string of the molecule is CCCCOC(=O)c1nc(Br)c(NCc2ccccc2)nc1N. The van der Waals surface area contributed by atoms with Gasteiger partial charge in [0.15, 0.2) is 17.3 Å². The van der Waals surface area contributed by atoms with Crippen LogP contribution in [0.25, 0.3) is 0 Å². The first-order valence-electron chi connectivity index (χ1n) is 7.39. The van der Waals surface area contributed by atoms with Gasteiger partial charge in [-0.25, -0.2) is 14.8 Å². The highest BCUT2D eigenvalue weighted by Gasteiger charge is 2.17. The van der Waals surface area contributed by atoms with Gasteiger partial charge in [-0.1, -0.05) is 43.7 Å². The number of nitrogens with one attached hydrogen (secondary N) is 1. The van der Waals surface area contributed by atoms with Gasteiger partial charge in [0.2, 0.25) is 0 Å². The number of hydrogen-bond donors (Lipinski definition) is 2. The largest absolute Gasteiger partial charge is 0.461 e. The monoisotopic (exact) mass is 378 g/mol. The van der Waals surface area contributed by atoms with Crippen LogP contribution in [0.4, 0.5) is 11.6 Å². The maximum absolute atomic E-state index is 11.9. The van der Waals surface area contributed by atoms with Crippen LogP contribution in [0, 0.1) is 0 Å². The van der Waals surface area contributed by atoms with Crippen molar-refractivity contribution in [1.82, 2.24) is 9.97 Å². The molecule has 0 atom stereocenters. The minimum absolute atomic E-state index is 0.0261. The van der Waals surface area contributed by atoms with Crippen LogP contribution in [0.1, 0.15) is 35.8 Å². The Morgan fingerprint density at radius 2 is 2.04 bits per heavy atom. The van der Waals surface area contributed by atoms with Crippen LogP contribution in [0.5, 0.6) is 0 Å². The molecule has 6 nitrogen and oxygen atoms in total. The van der Waals surface area contributed by atoms with Crippen LogP contribution >= 0.6 is 15.9 Å². The average molecular weight is 379 g/mol. The highest BCUT2D eigenvalue weighted by Crippen LogP contribution is 2.22. The van der Waals surface area contributed by atoms with Gasteiger partial charge >= 0.3 is 5.97 Å². The topological polar surface area (TPSA) is 90.1 Å². The number of rotatable bonds is 7. The smallest absolute Gasteiger partial charge is 0.360 e. The Bertz CT molecular complexity index is 665. The quantitative estimate of drug-likeness (QED) is 0.566. The normalized spacial score (nSPS) is 10.3. The predicted octanol–water partition coefficient (Wildman–Crippen LogP) is 3.39. The van der Waals surface area contributed by atoms with Crippen molar-refractivity contribution < 1.29 is 9.53 Å². The van der Waals surface area contributed by atoms with Crippen LogP contribution in [0.2, 0.25) is 0 Å². The van der Waals surface area contributed by atoms with E-state index in [1.165, 1.54) is 0 Å². The molecule has 23 heavy (non-hydrogen) atoms. The Balaban J connectivity index is 2.06. The molecular formula is C16H19BrN4O2. The van der Waals surface area contributed by atoms with Crippen molar-refractivity contribution in [2.24, 2.45) is 0 Å². The molecule has 2 aromatic rings. The fourth-order valence-corrected chi connectivity index (χ4v) is 2.26. The number of nitrogens with zero attached hydrogens (tertiary/aromatic N) is 2. The molecule has 0 spiro atoms. The number of anilines is 2. The van der Waals surface area contributed by atoms with Crippen molar-refractivity contribution in [3.05, 3.63) is 46.2 Å². The number of hydrogen-bond acceptors (Lipinski definition) is 6. The second kappa shape index (κ2) is 8.47. The molecule has 1 heterocycles. The van der Waals surface area contributed by atoms with Gasteiger partial charge in [0.25, 0.3) is 0 Å². The zero-order valence-electron chi connectivity index (χ0n) is 12.9. The van der Waals surface area contributed by atoms with Crippen LogP contribution in [-0.4, -0.2) is 22.5 Å². The Kier molecular flexibility index (Phi) is 6.34. The summed E-state index contributed by atoms with van der Waals surface area (Å²) in [4.78, 5) is 20.3. The molecule has 0 amide bonds. The van der Waals surface area contributed by atoms with Crippen LogP contribution in [-0.2, 0) is 11.3 Å². The summed E-state index contributed by atoms with van der Waals surface area (Å²) in [5, 5.41) is 3.14. The van der Waals surface area contributed by atoms with E-state index in [4.69, 9.17) is 10.5 Å². The van der Waals surface area contributed by atoms with Gasteiger partial charge < -0.3 is 15.8 Å². The van der Waals surface area contributed by atoms with E-state index in [-0.39, 0.29) is 11.5 Å². The molecule has 0 saturated carbocycles. The Morgan fingerprint density at radius 3 is 2.74 bits per heavy atom. The zero-order chi connectivity index (χ0) is 16.7. The molecule has 1 aromatic heterocycles. The number of nitrogens with two attached hydrogens (primary N) is 1. The van der Waals surface area contributed by atoms with Crippen LogP contribution in [0.3, 0.4) is 0 Å². The number of ether oxygens (including phenoxy) is 1. The number of nitrogen functional groups attached to an aromatic ring is 1. The number of esters is 1. The Hall–Kier alpha value is -2.15. The van der Waals surface area contributed by atoms with E-state index >= 15 is 0 Å².